The van der Waals surface area contributed by atoms with Crippen molar-refractivity contribution in [2.45, 2.75) is 18.9 Å². The van der Waals surface area contributed by atoms with Gasteiger partial charge in [-0.2, -0.15) is 0 Å². The van der Waals surface area contributed by atoms with E-state index in [4.69, 9.17) is 4.74 Å². The number of esters is 1. The van der Waals surface area contributed by atoms with Gasteiger partial charge in [-0.3, -0.25) is 19.7 Å². The molecule has 13 heavy (non-hydrogen) atoms. The van der Waals surface area contributed by atoms with Gasteiger partial charge in [-0.05, 0) is 0 Å². The molecular formula is C8H9NO4. The number of hydrogen-bond acceptors (Lipinski definition) is 4. The van der Waals surface area contributed by atoms with Crippen molar-refractivity contribution >= 4 is 17.8 Å². The molecule has 1 saturated heterocycles. The van der Waals surface area contributed by atoms with Gasteiger partial charge in [0.25, 0.3) is 5.91 Å². The van der Waals surface area contributed by atoms with Gasteiger partial charge in [0.05, 0.1) is 12.8 Å². The van der Waals surface area contributed by atoms with E-state index in [1.807, 2.05) is 5.32 Å². The Kier molecular flexibility index (Phi) is 2.79. The lowest BCUT2D eigenvalue weighted by molar-refractivity contribution is -0.153. The summed E-state index contributed by atoms with van der Waals surface area (Å²) in [4.78, 5) is 32.4. The fourth-order valence-electron chi connectivity index (χ4n) is 0.950. The summed E-state index contributed by atoms with van der Waals surface area (Å²) in [7, 11) is 0. The molecule has 0 aromatic heterocycles. The predicted molar refractivity (Wildman–Crippen MR) is 42.5 cm³/mol. The second kappa shape index (κ2) is 3.84. The van der Waals surface area contributed by atoms with Gasteiger partial charge in [0.15, 0.2) is 6.10 Å². The summed E-state index contributed by atoms with van der Waals surface area (Å²) >= 11 is 0. The lowest BCUT2D eigenvalue weighted by atomic mass is 10.3. The third kappa shape index (κ3) is 2.40. The summed E-state index contributed by atoms with van der Waals surface area (Å²) in [5.74, 6) is -1.52. The fourth-order valence-corrected chi connectivity index (χ4v) is 0.950. The molecule has 0 spiro atoms. The summed E-state index contributed by atoms with van der Waals surface area (Å²) in [5.41, 5.74) is 0. The smallest absolute Gasteiger partial charge is 0.310 e. The molecule has 1 N–H and O–H groups in total. The van der Waals surface area contributed by atoms with Crippen LogP contribution in [0, 0.1) is 0 Å². The van der Waals surface area contributed by atoms with Gasteiger partial charge >= 0.3 is 5.97 Å². The number of carbonyl (C=O) groups excluding carboxylic acids is 3. The third-order valence-electron chi connectivity index (χ3n) is 1.51. The van der Waals surface area contributed by atoms with E-state index in [0.29, 0.717) is 0 Å². The van der Waals surface area contributed by atoms with Crippen molar-refractivity contribution in [1.29, 1.82) is 0 Å². The number of nitrogens with one attached hydrogen (secondary N) is 1. The zero-order valence-corrected chi connectivity index (χ0v) is 6.91. The molecule has 1 rings (SSSR count). The van der Waals surface area contributed by atoms with Crippen LogP contribution in [0.15, 0.2) is 12.7 Å². The van der Waals surface area contributed by atoms with Crippen molar-refractivity contribution < 1.29 is 19.1 Å². The average molecular weight is 183 g/mol. The molecule has 1 unspecified atom stereocenters. The van der Waals surface area contributed by atoms with Crippen LogP contribution in [0.1, 0.15) is 12.8 Å². The van der Waals surface area contributed by atoms with Crippen LogP contribution in [0.4, 0.5) is 0 Å². The van der Waals surface area contributed by atoms with Crippen LogP contribution in [0.25, 0.3) is 0 Å². The van der Waals surface area contributed by atoms with Crippen molar-refractivity contribution in [1.82, 2.24) is 5.32 Å². The Morgan fingerprint density at radius 2 is 2.38 bits per heavy atom. The van der Waals surface area contributed by atoms with Gasteiger partial charge in [-0.25, -0.2) is 0 Å². The van der Waals surface area contributed by atoms with Gasteiger partial charge in [-0.1, -0.05) is 6.08 Å². The molecule has 0 aromatic carbocycles. The van der Waals surface area contributed by atoms with Crippen molar-refractivity contribution in [3.63, 3.8) is 0 Å². The molecule has 1 atom stereocenters. The van der Waals surface area contributed by atoms with E-state index in [1.165, 1.54) is 6.08 Å². The maximum absolute atomic E-state index is 10.9. The van der Waals surface area contributed by atoms with Gasteiger partial charge in [0, 0.05) is 0 Å². The van der Waals surface area contributed by atoms with Gasteiger partial charge in [0.1, 0.15) is 0 Å². The van der Waals surface area contributed by atoms with Crippen molar-refractivity contribution in [2.75, 3.05) is 0 Å². The number of imide groups is 1. The van der Waals surface area contributed by atoms with Crippen molar-refractivity contribution in [3.8, 4) is 0 Å². The van der Waals surface area contributed by atoms with Crippen LogP contribution in [0.3, 0.4) is 0 Å². The number of carbonyl (C=O) groups is 3. The van der Waals surface area contributed by atoms with Crippen LogP contribution in [-0.2, 0) is 19.1 Å². The molecule has 5 nitrogen and oxygen atoms in total. The molecule has 1 fully saturated rings. The molecule has 0 aromatic rings. The zero-order valence-electron chi connectivity index (χ0n) is 6.91. The van der Waals surface area contributed by atoms with Gasteiger partial charge in [0.2, 0.25) is 5.91 Å². The van der Waals surface area contributed by atoms with Gasteiger partial charge in [-0.15, -0.1) is 6.58 Å². The Morgan fingerprint density at radius 1 is 1.69 bits per heavy atom. The predicted octanol–water partition coefficient (Wildman–Crippen LogP) is -0.479. The van der Waals surface area contributed by atoms with E-state index >= 15 is 0 Å². The Hall–Kier alpha value is -1.65. The van der Waals surface area contributed by atoms with Crippen LogP contribution in [0.2, 0.25) is 0 Å². The molecule has 1 heterocycles. The monoisotopic (exact) mass is 183 g/mol. The summed E-state index contributed by atoms with van der Waals surface area (Å²) in [6, 6.07) is 0. The van der Waals surface area contributed by atoms with Crippen molar-refractivity contribution in [3.05, 3.63) is 12.7 Å². The first-order chi connectivity index (χ1) is 6.13. The van der Waals surface area contributed by atoms with E-state index in [-0.39, 0.29) is 12.8 Å². The minimum atomic E-state index is -0.958. The topological polar surface area (TPSA) is 72.5 Å². The number of rotatable bonds is 3. The lowest BCUT2D eigenvalue weighted by Gasteiger charge is -2.06. The number of amides is 2. The molecule has 2 amide bonds. The lowest BCUT2D eigenvalue weighted by Crippen LogP contribution is -2.28. The highest BCUT2D eigenvalue weighted by Crippen LogP contribution is 2.07. The summed E-state index contributed by atoms with van der Waals surface area (Å²) in [6.45, 7) is 3.34. The molecule has 70 valence electrons. The highest BCUT2D eigenvalue weighted by atomic mass is 16.5. The molecule has 1 aliphatic rings. The summed E-state index contributed by atoms with van der Waals surface area (Å²) < 4.78 is 4.69. The van der Waals surface area contributed by atoms with Crippen LogP contribution < -0.4 is 5.32 Å². The SMILES string of the molecule is C=CCC(=O)OC1CC(=O)NC1=O. The Bertz CT molecular complexity index is 271. The van der Waals surface area contributed by atoms with E-state index < -0.39 is 23.9 Å². The second-order valence-electron chi connectivity index (χ2n) is 2.59. The Balaban J connectivity index is 2.45. The minimum Gasteiger partial charge on any atom is -0.451 e. The van der Waals surface area contributed by atoms with E-state index in [1.54, 1.807) is 0 Å². The normalized spacial score (nSPS) is 21.1. The average Bonchev–Trinajstić information content (AvgIpc) is 2.30. The standard InChI is InChI=1S/C8H9NO4/c1-2-3-7(11)13-5-4-6(10)9-8(5)12/h2,5H,1,3-4H2,(H,9,10,12). The molecule has 1 aliphatic heterocycles. The van der Waals surface area contributed by atoms with Crippen LogP contribution in [-0.4, -0.2) is 23.9 Å². The van der Waals surface area contributed by atoms with Crippen LogP contribution in [0.5, 0.6) is 0 Å². The molecular weight excluding hydrogens is 174 g/mol. The minimum absolute atomic E-state index is 0.0397. The first-order valence-electron chi connectivity index (χ1n) is 3.77. The van der Waals surface area contributed by atoms with Crippen molar-refractivity contribution in [2.24, 2.45) is 0 Å². The maximum atomic E-state index is 10.9. The van der Waals surface area contributed by atoms with Gasteiger partial charge < -0.3 is 4.74 Å². The first-order valence-corrected chi connectivity index (χ1v) is 3.77. The largest absolute Gasteiger partial charge is 0.451 e. The first kappa shape index (κ1) is 9.44. The quantitative estimate of drug-likeness (QED) is 0.364. The highest BCUT2D eigenvalue weighted by molar-refractivity contribution is 6.05. The third-order valence-corrected chi connectivity index (χ3v) is 1.51. The van der Waals surface area contributed by atoms with E-state index in [9.17, 15) is 14.4 Å². The molecule has 0 bridgehead atoms. The zero-order chi connectivity index (χ0) is 9.84. The summed E-state index contributed by atoms with van der Waals surface area (Å²) in [5, 5.41) is 2.03. The molecule has 0 aliphatic carbocycles. The fraction of sp³-hybridized carbons (Fsp3) is 0.375. The maximum Gasteiger partial charge on any atom is 0.310 e. The Labute approximate surface area is 74.7 Å². The Morgan fingerprint density at radius 3 is 2.85 bits per heavy atom. The molecule has 0 radical (unpaired) electrons. The second-order valence-corrected chi connectivity index (χ2v) is 2.59. The number of ether oxygens (including phenoxy) is 1. The molecule has 5 heteroatoms. The molecule has 0 saturated carbocycles. The highest BCUT2D eigenvalue weighted by Gasteiger charge is 2.33. The number of hydrogen-bond donors (Lipinski definition) is 1. The van der Waals surface area contributed by atoms with E-state index in [0.717, 1.165) is 0 Å². The van der Waals surface area contributed by atoms with E-state index in [2.05, 4.69) is 6.58 Å². The summed E-state index contributed by atoms with van der Waals surface area (Å²) in [6.07, 6.45) is 0.372. The van der Waals surface area contributed by atoms with Crippen LogP contribution >= 0.6 is 0 Å².